The number of nitro benzene ring substituents is 1. The highest BCUT2D eigenvalue weighted by Gasteiger charge is 2.21. The summed E-state index contributed by atoms with van der Waals surface area (Å²) in [6, 6.07) is 20.6. The average Bonchev–Trinajstić information content (AvgIpc) is 3.39. The molecule has 0 fully saturated rings. The van der Waals surface area contributed by atoms with Gasteiger partial charge in [-0.05, 0) is 35.7 Å². The van der Waals surface area contributed by atoms with Crippen molar-refractivity contribution in [3.63, 3.8) is 0 Å². The van der Waals surface area contributed by atoms with Crippen molar-refractivity contribution in [2.75, 3.05) is 16.8 Å². The Kier molecular flexibility index (Phi) is 4.63. The number of fused-ring (bicyclic) bond motifs is 2. The first-order valence-electron chi connectivity index (χ1n) is 10.1. The lowest BCUT2D eigenvalue weighted by Crippen LogP contribution is -2.21. The van der Waals surface area contributed by atoms with Crippen molar-refractivity contribution < 1.29 is 9.72 Å². The van der Waals surface area contributed by atoms with E-state index in [1.54, 1.807) is 12.3 Å². The maximum atomic E-state index is 13.0. The number of aromatic amines is 1. The molecule has 0 bridgehead atoms. The molecule has 0 atom stereocenters. The number of hydrogen-bond donors (Lipinski definition) is 2. The summed E-state index contributed by atoms with van der Waals surface area (Å²) in [7, 11) is 0. The molecule has 1 aromatic heterocycles. The Morgan fingerprint density at radius 1 is 1.10 bits per heavy atom. The van der Waals surface area contributed by atoms with Crippen molar-refractivity contribution in [3.05, 3.63) is 99.7 Å². The minimum atomic E-state index is -0.461. The van der Waals surface area contributed by atoms with Gasteiger partial charge in [0.2, 0.25) is 0 Å². The molecule has 2 N–H and O–H groups in total. The minimum Gasteiger partial charge on any atom is -0.367 e. The van der Waals surface area contributed by atoms with Gasteiger partial charge in [-0.2, -0.15) is 0 Å². The number of para-hydroxylation sites is 2. The van der Waals surface area contributed by atoms with Crippen molar-refractivity contribution in [2.24, 2.45) is 0 Å². The van der Waals surface area contributed by atoms with Gasteiger partial charge < -0.3 is 15.2 Å². The van der Waals surface area contributed by atoms with E-state index in [9.17, 15) is 14.9 Å². The summed E-state index contributed by atoms with van der Waals surface area (Å²) in [5.74, 6) is -0.305. The number of amides is 1. The van der Waals surface area contributed by atoms with Crippen molar-refractivity contribution in [3.8, 4) is 0 Å². The first-order valence-corrected chi connectivity index (χ1v) is 10.1. The number of nitrogens with zero attached hydrogens (tertiary/aromatic N) is 2. The van der Waals surface area contributed by atoms with Gasteiger partial charge in [-0.25, -0.2) is 0 Å². The van der Waals surface area contributed by atoms with Crippen molar-refractivity contribution in [1.29, 1.82) is 0 Å². The maximum Gasteiger partial charge on any atom is 0.270 e. The molecule has 0 saturated carbocycles. The number of carbonyl (C=O) groups is 1. The lowest BCUT2D eigenvalue weighted by atomic mass is 10.1. The predicted molar refractivity (Wildman–Crippen MR) is 121 cm³/mol. The Morgan fingerprint density at radius 3 is 2.77 bits per heavy atom. The summed E-state index contributed by atoms with van der Waals surface area (Å²) in [6.45, 7) is 1.63. The van der Waals surface area contributed by atoms with Crippen LogP contribution in [0.5, 0.6) is 0 Å². The highest BCUT2D eigenvalue weighted by atomic mass is 16.6. The van der Waals surface area contributed by atoms with Gasteiger partial charge in [0.25, 0.3) is 11.6 Å². The van der Waals surface area contributed by atoms with E-state index in [4.69, 9.17) is 0 Å². The number of carbonyl (C=O) groups excluding carboxylic acids is 1. The number of non-ortho nitro benzene ring substituents is 1. The smallest absolute Gasteiger partial charge is 0.270 e. The molecule has 5 rings (SSSR count). The van der Waals surface area contributed by atoms with Gasteiger partial charge in [0, 0.05) is 53.7 Å². The Hall–Kier alpha value is -4.13. The number of nitro groups is 1. The number of H-pyrrole nitrogens is 1. The molecule has 1 aliphatic rings. The number of anilines is 2. The van der Waals surface area contributed by atoms with E-state index in [1.165, 1.54) is 23.4 Å². The van der Waals surface area contributed by atoms with E-state index < -0.39 is 4.92 Å². The Labute approximate surface area is 178 Å². The normalized spacial score (nSPS) is 12.7. The molecule has 0 spiro atoms. The monoisotopic (exact) mass is 412 g/mol. The Bertz CT molecular complexity index is 1310. The lowest BCUT2D eigenvalue weighted by Gasteiger charge is -2.21. The molecule has 7 heteroatoms. The fraction of sp³-hybridized carbons (Fsp3) is 0.125. The summed E-state index contributed by atoms with van der Waals surface area (Å²) in [4.78, 5) is 29.0. The van der Waals surface area contributed by atoms with Gasteiger partial charge in [0.1, 0.15) is 0 Å². The number of hydrogen-bond acceptors (Lipinski definition) is 4. The van der Waals surface area contributed by atoms with Gasteiger partial charge >= 0.3 is 0 Å². The van der Waals surface area contributed by atoms with Gasteiger partial charge in [0.05, 0.1) is 10.5 Å². The van der Waals surface area contributed by atoms with Crippen LogP contribution in [0.2, 0.25) is 0 Å². The number of benzene rings is 3. The largest absolute Gasteiger partial charge is 0.367 e. The second-order valence-electron chi connectivity index (χ2n) is 7.60. The third-order valence-electron chi connectivity index (χ3n) is 5.73. The van der Waals surface area contributed by atoms with Crippen LogP contribution < -0.4 is 10.2 Å². The fourth-order valence-electron chi connectivity index (χ4n) is 4.16. The molecular formula is C24H20N4O3. The third-order valence-corrected chi connectivity index (χ3v) is 5.73. The van der Waals surface area contributed by atoms with E-state index >= 15 is 0 Å². The van der Waals surface area contributed by atoms with Crippen molar-refractivity contribution >= 4 is 33.9 Å². The highest BCUT2D eigenvalue weighted by Crippen LogP contribution is 2.31. The second kappa shape index (κ2) is 7.60. The summed E-state index contributed by atoms with van der Waals surface area (Å²) in [5, 5.41) is 14.6. The van der Waals surface area contributed by atoms with Crippen molar-refractivity contribution in [2.45, 2.75) is 13.0 Å². The second-order valence-corrected chi connectivity index (χ2v) is 7.60. The standard InChI is InChI=1S/C24H20N4O3/c29-24(20-14-25-22-10-9-18(28(30)31)13-19(20)22)26-21-7-3-1-6-17(21)15-27-12-11-16-5-2-4-8-23(16)27/h1-10,13-14,25H,11-12,15H2,(H,26,29). The Morgan fingerprint density at radius 2 is 1.90 bits per heavy atom. The van der Waals surface area contributed by atoms with Gasteiger partial charge in [0.15, 0.2) is 0 Å². The highest BCUT2D eigenvalue weighted by molar-refractivity contribution is 6.13. The summed E-state index contributed by atoms with van der Waals surface area (Å²) in [5.41, 5.74) is 5.32. The van der Waals surface area contributed by atoms with Crippen LogP contribution in [0.3, 0.4) is 0 Å². The van der Waals surface area contributed by atoms with Gasteiger partial charge in [-0.3, -0.25) is 14.9 Å². The van der Waals surface area contributed by atoms with Crippen molar-refractivity contribution in [1.82, 2.24) is 4.98 Å². The minimum absolute atomic E-state index is 0.0470. The van der Waals surface area contributed by atoms with Crippen LogP contribution in [0.15, 0.2) is 72.9 Å². The van der Waals surface area contributed by atoms with E-state index in [-0.39, 0.29) is 11.6 Å². The molecule has 3 aromatic carbocycles. The molecule has 0 radical (unpaired) electrons. The van der Waals surface area contributed by atoms with Gasteiger partial charge in [-0.1, -0.05) is 36.4 Å². The SMILES string of the molecule is O=C(Nc1ccccc1CN1CCc2ccccc21)c1c[nH]c2ccc([N+](=O)[O-])cc12. The lowest BCUT2D eigenvalue weighted by molar-refractivity contribution is -0.384. The summed E-state index contributed by atoms with van der Waals surface area (Å²) < 4.78 is 0. The zero-order chi connectivity index (χ0) is 21.4. The number of rotatable bonds is 5. The molecule has 31 heavy (non-hydrogen) atoms. The molecular weight excluding hydrogens is 392 g/mol. The molecule has 0 aliphatic carbocycles. The zero-order valence-electron chi connectivity index (χ0n) is 16.7. The molecule has 7 nitrogen and oxygen atoms in total. The maximum absolute atomic E-state index is 13.0. The van der Waals surface area contributed by atoms with Crippen LogP contribution in [-0.2, 0) is 13.0 Å². The predicted octanol–water partition coefficient (Wildman–Crippen LogP) is 4.89. The summed E-state index contributed by atoms with van der Waals surface area (Å²) >= 11 is 0. The third kappa shape index (κ3) is 3.50. The van der Waals surface area contributed by atoms with Crippen LogP contribution in [0.1, 0.15) is 21.5 Å². The molecule has 2 heterocycles. The quantitative estimate of drug-likeness (QED) is 0.361. The number of aromatic nitrogens is 1. The molecule has 154 valence electrons. The van der Waals surface area contributed by atoms with Crippen LogP contribution in [0.4, 0.5) is 17.1 Å². The number of nitrogens with one attached hydrogen (secondary N) is 2. The average molecular weight is 412 g/mol. The van der Waals surface area contributed by atoms with E-state index in [0.717, 1.165) is 24.2 Å². The molecule has 4 aromatic rings. The van der Waals surface area contributed by atoms with E-state index in [1.807, 2.05) is 30.3 Å². The zero-order valence-corrected chi connectivity index (χ0v) is 16.7. The van der Waals surface area contributed by atoms with Crippen LogP contribution in [-0.4, -0.2) is 22.4 Å². The van der Waals surface area contributed by atoms with E-state index in [2.05, 4.69) is 33.4 Å². The van der Waals surface area contributed by atoms with Crippen LogP contribution >= 0.6 is 0 Å². The first kappa shape index (κ1) is 18.9. The van der Waals surface area contributed by atoms with Crippen LogP contribution in [0, 0.1) is 10.1 Å². The fourth-order valence-corrected chi connectivity index (χ4v) is 4.16. The molecule has 0 saturated heterocycles. The summed E-state index contributed by atoms with van der Waals surface area (Å²) in [6.07, 6.45) is 2.60. The topological polar surface area (TPSA) is 91.3 Å². The molecule has 1 aliphatic heterocycles. The van der Waals surface area contributed by atoms with E-state index in [0.29, 0.717) is 23.0 Å². The van der Waals surface area contributed by atoms with Crippen LogP contribution in [0.25, 0.3) is 10.9 Å². The molecule has 0 unspecified atom stereocenters. The first-order chi connectivity index (χ1) is 15.1. The molecule has 1 amide bonds. The Balaban J connectivity index is 1.41. The van der Waals surface area contributed by atoms with Gasteiger partial charge in [-0.15, -0.1) is 0 Å².